The van der Waals surface area contributed by atoms with Crippen molar-refractivity contribution in [2.24, 2.45) is 0 Å². The number of hydrogen-bond acceptors (Lipinski definition) is 2. The molecule has 0 saturated heterocycles. The van der Waals surface area contributed by atoms with E-state index in [9.17, 15) is 9.90 Å². The van der Waals surface area contributed by atoms with Gasteiger partial charge in [0, 0.05) is 5.92 Å². The summed E-state index contributed by atoms with van der Waals surface area (Å²) in [5.74, 6) is -1.76. The van der Waals surface area contributed by atoms with Crippen molar-refractivity contribution < 1.29 is 28.8 Å². The number of carboxylic acid groups (broad SMARTS) is 1. The van der Waals surface area contributed by atoms with Gasteiger partial charge in [-0.25, -0.2) is 0 Å². The molecule has 17 heavy (non-hydrogen) atoms. The second kappa shape index (κ2) is 6.29. The molecule has 0 unspecified atom stereocenters. The second-order valence-corrected chi connectivity index (χ2v) is 3.57. The second-order valence-electron chi connectivity index (χ2n) is 3.57. The maximum Gasteiger partial charge on any atom is 1.00 e. The maximum atomic E-state index is 11.2. The Morgan fingerprint density at radius 1 is 0.824 bits per heavy atom. The van der Waals surface area contributed by atoms with Crippen molar-refractivity contribution in [3.63, 3.8) is 0 Å². The fraction of sp³-hybridized carbons (Fsp3) is 0.0714. The molecule has 3 heteroatoms. The van der Waals surface area contributed by atoms with E-state index in [4.69, 9.17) is 0 Å². The van der Waals surface area contributed by atoms with Crippen LogP contribution in [-0.2, 0) is 4.79 Å². The van der Waals surface area contributed by atoms with E-state index in [0.717, 1.165) is 11.1 Å². The van der Waals surface area contributed by atoms with Gasteiger partial charge in [-0.15, -0.1) is 0 Å². The van der Waals surface area contributed by atoms with Crippen LogP contribution in [0.1, 0.15) is 17.0 Å². The van der Waals surface area contributed by atoms with Crippen LogP contribution >= 0.6 is 0 Å². The Bertz CT molecular complexity index is 429. The molecular formula is C14H11LiO2. The zero-order valence-corrected chi connectivity index (χ0v) is 9.67. The van der Waals surface area contributed by atoms with Gasteiger partial charge in [-0.05, 0) is 11.1 Å². The molecule has 0 N–H and O–H groups in total. The first-order chi connectivity index (χ1) is 7.79. The van der Waals surface area contributed by atoms with Crippen molar-refractivity contribution in [1.82, 2.24) is 0 Å². The first-order valence-electron chi connectivity index (χ1n) is 5.10. The first-order valence-corrected chi connectivity index (χ1v) is 5.10. The van der Waals surface area contributed by atoms with Crippen LogP contribution in [0.15, 0.2) is 60.7 Å². The van der Waals surface area contributed by atoms with Crippen LogP contribution < -0.4 is 24.0 Å². The Morgan fingerprint density at radius 2 is 1.18 bits per heavy atom. The predicted molar refractivity (Wildman–Crippen MR) is 59.7 cm³/mol. The first kappa shape index (κ1) is 13.6. The molecule has 2 nitrogen and oxygen atoms in total. The molecule has 0 radical (unpaired) electrons. The van der Waals surface area contributed by atoms with Crippen molar-refractivity contribution in [2.45, 2.75) is 5.92 Å². The average Bonchev–Trinajstić information content (AvgIpc) is 2.31. The topological polar surface area (TPSA) is 40.1 Å². The van der Waals surface area contributed by atoms with E-state index in [1.807, 2.05) is 36.4 Å². The van der Waals surface area contributed by atoms with Gasteiger partial charge in [-0.1, -0.05) is 60.7 Å². The molecule has 0 bridgehead atoms. The molecule has 0 spiro atoms. The molecule has 0 fully saturated rings. The van der Waals surface area contributed by atoms with Gasteiger partial charge < -0.3 is 9.90 Å². The normalized spacial score (nSPS) is 9.71. The number of carboxylic acids is 1. The molecule has 0 aliphatic carbocycles. The fourth-order valence-corrected chi connectivity index (χ4v) is 1.76. The molecule has 0 saturated carbocycles. The Hall–Kier alpha value is -1.49. The van der Waals surface area contributed by atoms with Crippen molar-refractivity contribution >= 4 is 5.97 Å². The van der Waals surface area contributed by atoms with E-state index in [0.29, 0.717) is 0 Å². The Morgan fingerprint density at radius 3 is 1.47 bits per heavy atom. The van der Waals surface area contributed by atoms with E-state index >= 15 is 0 Å². The molecule has 0 atom stereocenters. The largest absolute Gasteiger partial charge is 1.00 e. The van der Waals surface area contributed by atoms with E-state index < -0.39 is 11.9 Å². The molecule has 2 aromatic carbocycles. The molecule has 0 aliphatic heterocycles. The summed E-state index contributed by atoms with van der Waals surface area (Å²) in [5.41, 5.74) is 1.49. The third-order valence-corrected chi connectivity index (χ3v) is 2.50. The molecule has 0 aliphatic rings. The zero-order chi connectivity index (χ0) is 11.4. The summed E-state index contributed by atoms with van der Waals surface area (Å²) in [7, 11) is 0. The van der Waals surface area contributed by atoms with Gasteiger partial charge in [-0.3, -0.25) is 0 Å². The molecule has 2 rings (SSSR count). The quantitative estimate of drug-likeness (QED) is 0.593. The van der Waals surface area contributed by atoms with Crippen molar-refractivity contribution in [2.75, 3.05) is 0 Å². The van der Waals surface area contributed by atoms with E-state index in [2.05, 4.69) is 0 Å². The van der Waals surface area contributed by atoms with Crippen LogP contribution in [-0.4, -0.2) is 5.97 Å². The maximum absolute atomic E-state index is 11.2. The van der Waals surface area contributed by atoms with Crippen LogP contribution in [0.4, 0.5) is 0 Å². The minimum Gasteiger partial charge on any atom is -0.549 e. The Kier molecular flexibility index (Phi) is 5.02. The third-order valence-electron chi connectivity index (χ3n) is 2.50. The van der Waals surface area contributed by atoms with Crippen LogP contribution in [0.5, 0.6) is 0 Å². The monoisotopic (exact) mass is 218 g/mol. The van der Waals surface area contributed by atoms with Gasteiger partial charge in [0.2, 0.25) is 0 Å². The number of aliphatic carboxylic acids is 1. The summed E-state index contributed by atoms with van der Waals surface area (Å²) in [5, 5.41) is 11.2. The van der Waals surface area contributed by atoms with Gasteiger partial charge in [0.1, 0.15) is 0 Å². The standard InChI is InChI=1S/C14H12O2.Li/c15-14(16)13(11-7-3-1-4-8-11)12-9-5-2-6-10-12;/h1-10,13H,(H,15,16);/q;+1/p-1. The summed E-state index contributed by atoms with van der Waals surface area (Å²) in [4.78, 5) is 11.2. The third kappa shape index (κ3) is 3.23. The van der Waals surface area contributed by atoms with Gasteiger partial charge in [-0.2, -0.15) is 0 Å². The predicted octanol–water partition coefficient (Wildman–Crippen LogP) is -1.43. The fourth-order valence-electron chi connectivity index (χ4n) is 1.76. The molecule has 0 heterocycles. The van der Waals surface area contributed by atoms with Crippen LogP contribution in [0.2, 0.25) is 0 Å². The molecule has 0 amide bonds. The van der Waals surface area contributed by atoms with Gasteiger partial charge in [0.15, 0.2) is 0 Å². The van der Waals surface area contributed by atoms with Crippen molar-refractivity contribution in [3.05, 3.63) is 71.8 Å². The average molecular weight is 218 g/mol. The number of rotatable bonds is 3. The van der Waals surface area contributed by atoms with Gasteiger partial charge >= 0.3 is 18.9 Å². The zero-order valence-electron chi connectivity index (χ0n) is 9.67. The van der Waals surface area contributed by atoms with E-state index in [1.165, 1.54) is 0 Å². The summed E-state index contributed by atoms with van der Waals surface area (Å²) in [6.07, 6.45) is 0. The van der Waals surface area contributed by atoms with Gasteiger partial charge in [0.05, 0.1) is 5.97 Å². The number of hydrogen-bond donors (Lipinski definition) is 0. The molecule has 0 aromatic heterocycles. The van der Waals surface area contributed by atoms with Crippen LogP contribution in [0, 0.1) is 0 Å². The smallest absolute Gasteiger partial charge is 0.549 e. The van der Waals surface area contributed by atoms with Crippen LogP contribution in [0.3, 0.4) is 0 Å². The minimum absolute atomic E-state index is 0. The Labute approximate surface area is 112 Å². The van der Waals surface area contributed by atoms with Crippen molar-refractivity contribution in [1.29, 1.82) is 0 Å². The van der Waals surface area contributed by atoms with Crippen LogP contribution in [0.25, 0.3) is 0 Å². The van der Waals surface area contributed by atoms with Gasteiger partial charge in [0.25, 0.3) is 0 Å². The summed E-state index contributed by atoms with van der Waals surface area (Å²) in [6, 6.07) is 18.2. The summed E-state index contributed by atoms with van der Waals surface area (Å²) >= 11 is 0. The summed E-state index contributed by atoms with van der Waals surface area (Å²) < 4.78 is 0. The van der Waals surface area contributed by atoms with Crippen molar-refractivity contribution in [3.8, 4) is 0 Å². The molecule has 2 aromatic rings. The Balaban J connectivity index is 0.00000144. The molecular weight excluding hydrogens is 207 g/mol. The van der Waals surface area contributed by atoms with E-state index in [-0.39, 0.29) is 18.9 Å². The number of benzene rings is 2. The molecule has 80 valence electrons. The number of carbonyl (C=O) groups is 1. The van der Waals surface area contributed by atoms with E-state index in [1.54, 1.807) is 24.3 Å². The number of carbonyl (C=O) groups excluding carboxylic acids is 1. The SMILES string of the molecule is O=C([O-])C(c1ccccc1)c1ccccc1.[Li+]. The minimum atomic E-state index is -1.07. The summed E-state index contributed by atoms with van der Waals surface area (Å²) in [6.45, 7) is 0.